The lowest BCUT2D eigenvalue weighted by atomic mass is 9.73. The zero-order valence-corrected chi connectivity index (χ0v) is 23.5. The molecule has 0 aromatic heterocycles. The lowest BCUT2D eigenvalue weighted by Crippen LogP contribution is -2.48. The Hall–Kier alpha value is -2.48. The molecule has 1 amide bonds. The molecule has 8 heteroatoms. The fourth-order valence-electron chi connectivity index (χ4n) is 6.24. The molecule has 0 saturated heterocycles. The molecule has 2 aliphatic carbocycles. The van der Waals surface area contributed by atoms with Gasteiger partial charge in [0.25, 0.3) is 0 Å². The Morgan fingerprint density at radius 3 is 2.15 bits per heavy atom. The van der Waals surface area contributed by atoms with Crippen LogP contribution < -0.4 is 10.1 Å². The maximum absolute atomic E-state index is 14.4. The third kappa shape index (κ3) is 7.19. The first-order valence-electron chi connectivity index (χ1n) is 14.2. The van der Waals surface area contributed by atoms with E-state index >= 15 is 0 Å². The van der Waals surface area contributed by atoms with E-state index in [0.717, 1.165) is 31.6 Å². The number of fused-ring (bicyclic) bond motifs is 1. The van der Waals surface area contributed by atoms with Crippen LogP contribution in [0.25, 0.3) is 10.8 Å². The lowest BCUT2D eigenvalue weighted by molar-refractivity contribution is -0.138. The highest BCUT2D eigenvalue weighted by Gasteiger charge is 2.38. The average molecular weight is 550 g/mol. The minimum atomic E-state index is -4.61. The molecule has 2 aliphatic rings. The Balaban J connectivity index is 1.55. The number of rotatable bonds is 6. The Morgan fingerprint density at radius 1 is 0.923 bits per heavy atom. The van der Waals surface area contributed by atoms with E-state index in [2.05, 4.69) is 5.32 Å². The van der Waals surface area contributed by atoms with Gasteiger partial charge in [-0.25, -0.2) is 4.79 Å². The molecule has 0 aliphatic heterocycles. The van der Waals surface area contributed by atoms with Crippen molar-refractivity contribution in [3.05, 3.63) is 41.5 Å². The number of halogens is 3. The predicted molar refractivity (Wildman–Crippen MR) is 146 cm³/mol. The van der Waals surface area contributed by atoms with Gasteiger partial charge >= 0.3 is 12.3 Å². The van der Waals surface area contributed by atoms with E-state index in [1.54, 1.807) is 39.8 Å². The van der Waals surface area contributed by atoms with Crippen LogP contribution in [0.5, 0.6) is 5.75 Å². The molecule has 5 nitrogen and oxygen atoms in total. The molecule has 4 rings (SSSR count). The number of benzene rings is 2. The van der Waals surface area contributed by atoms with Crippen LogP contribution in [0.2, 0.25) is 0 Å². The van der Waals surface area contributed by atoms with E-state index in [9.17, 15) is 23.1 Å². The van der Waals surface area contributed by atoms with Crippen molar-refractivity contribution in [2.75, 3.05) is 6.61 Å². The molecule has 2 saturated carbocycles. The van der Waals surface area contributed by atoms with Crippen LogP contribution in [0.1, 0.15) is 96.6 Å². The summed E-state index contributed by atoms with van der Waals surface area (Å²) in [6.07, 6.45) is 4.50. The number of ether oxygens (including phenoxy) is 2. The molecule has 39 heavy (non-hydrogen) atoms. The number of aliphatic hydroxyl groups excluding tert-OH is 1. The first-order valence-corrected chi connectivity index (χ1v) is 14.2. The molecule has 2 aromatic rings. The molecule has 2 aromatic carbocycles. The molecular formula is C31H42F3NO4. The van der Waals surface area contributed by atoms with E-state index in [1.807, 2.05) is 0 Å². The van der Waals surface area contributed by atoms with Gasteiger partial charge in [-0.2, -0.15) is 13.2 Å². The smallest absolute Gasteiger partial charge is 0.420 e. The molecule has 1 atom stereocenters. The van der Waals surface area contributed by atoms with Gasteiger partial charge in [-0.1, -0.05) is 50.3 Å². The van der Waals surface area contributed by atoms with Crippen molar-refractivity contribution in [2.24, 2.45) is 11.8 Å². The van der Waals surface area contributed by atoms with Crippen LogP contribution in [0.3, 0.4) is 0 Å². The zero-order chi connectivity index (χ0) is 28.4. The number of alkyl carbamates (subject to hydrolysis) is 1. The number of hydrogen-bond acceptors (Lipinski definition) is 4. The number of hydrogen-bond donors (Lipinski definition) is 2. The van der Waals surface area contributed by atoms with E-state index in [1.165, 1.54) is 50.3 Å². The quantitative estimate of drug-likeness (QED) is 0.382. The molecule has 216 valence electrons. The molecule has 0 spiro atoms. The molecular weight excluding hydrogens is 507 g/mol. The normalized spacial score (nSPS) is 22.8. The minimum absolute atomic E-state index is 0.0252. The first kappa shape index (κ1) is 29.5. The summed E-state index contributed by atoms with van der Waals surface area (Å²) in [7, 11) is 0. The summed E-state index contributed by atoms with van der Waals surface area (Å²) in [6, 6.07) is 7.48. The maximum Gasteiger partial charge on any atom is 0.420 e. The second-order valence-electron chi connectivity index (χ2n) is 12.5. The highest BCUT2D eigenvalue weighted by molar-refractivity contribution is 5.89. The van der Waals surface area contributed by atoms with Gasteiger partial charge < -0.3 is 19.9 Å². The highest BCUT2D eigenvalue weighted by Crippen LogP contribution is 2.44. The summed E-state index contributed by atoms with van der Waals surface area (Å²) >= 11 is 0. The fourth-order valence-corrected chi connectivity index (χ4v) is 6.24. The van der Waals surface area contributed by atoms with Crippen molar-refractivity contribution in [3.8, 4) is 5.75 Å². The minimum Gasteiger partial charge on any atom is -0.490 e. The largest absolute Gasteiger partial charge is 0.490 e. The number of nitrogens with one attached hydrogen (secondary N) is 1. The van der Waals surface area contributed by atoms with Crippen molar-refractivity contribution < 1.29 is 32.5 Å². The van der Waals surface area contributed by atoms with Crippen LogP contribution in [-0.2, 0) is 16.5 Å². The molecule has 2 N–H and O–H groups in total. The number of alkyl halides is 3. The highest BCUT2D eigenvalue weighted by atomic mass is 19.4. The van der Waals surface area contributed by atoms with Gasteiger partial charge in [-0.05, 0) is 93.7 Å². The van der Waals surface area contributed by atoms with Crippen molar-refractivity contribution in [1.29, 1.82) is 0 Å². The SMILES string of the molecule is CC(C)(C)OC(=O)N[C@@](C)(CO)c1ccc2c(C(F)(F)F)c(OC3CCC(C4CCCCC4)CC3)ccc2c1. The summed E-state index contributed by atoms with van der Waals surface area (Å²) in [4.78, 5) is 12.4. The van der Waals surface area contributed by atoms with E-state index in [-0.39, 0.29) is 17.2 Å². The summed E-state index contributed by atoms with van der Waals surface area (Å²) < 4.78 is 54.5. The number of amides is 1. The third-order valence-electron chi connectivity index (χ3n) is 8.32. The Morgan fingerprint density at radius 2 is 1.56 bits per heavy atom. The second-order valence-corrected chi connectivity index (χ2v) is 12.5. The van der Waals surface area contributed by atoms with Crippen LogP contribution in [-0.4, -0.2) is 29.5 Å². The Kier molecular flexibility index (Phi) is 8.74. The van der Waals surface area contributed by atoms with Gasteiger partial charge in [0.15, 0.2) is 0 Å². The van der Waals surface area contributed by atoms with Crippen molar-refractivity contribution in [3.63, 3.8) is 0 Å². The van der Waals surface area contributed by atoms with Gasteiger partial charge in [-0.15, -0.1) is 0 Å². The molecule has 2 fully saturated rings. The van der Waals surface area contributed by atoms with Crippen molar-refractivity contribution in [2.45, 2.75) is 109 Å². The van der Waals surface area contributed by atoms with Gasteiger partial charge in [0.2, 0.25) is 0 Å². The second kappa shape index (κ2) is 11.6. The number of carbonyl (C=O) groups is 1. The summed E-state index contributed by atoms with van der Waals surface area (Å²) in [6.45, 7) is 6.30. The fraction of sp³-hybridized carbons (Fsp3) is 0.645. The Bertz CT molecular complexity index is 1140. The van der Waals surface area contributed by atoms with E-state index in [4.69, 9.17) is 9.47 Å². The topological polar surface area (TPSA) is 67.8 Å². The van der Waals surface area contributed by atoms with Gasteiger partial charge in [0, 0.05) is 0 Å². The Labute approximate surface area is 229 Å². The average Bonchev–Trinajstić information content (AvgIpc) is 2.87. The monoisotopic (exact) mass is 549 g/mol. The molecule has 0 radical (unpaired) electrons. The van der Waals surface area contributed by atoms with Crippen molar-refractivity contribution >= 4 is 16.9 Å². The maximum atomic E-state index is 14.4. The van der Waals surface area contributed by atoms with Crippen LogP contribution >= 0.6 is 0 Å². The number of carbonyl (C=O) groups excluding carboxylic acids is 1. The standard InChI is InChI=1S/C31H42F3NO4/c1-29(2,3)39-28(37)35-30(4,19-36)23-13-16-25-22(18-23)12-17-26(27(25)31(32,33)34)38-24-14-10-21(11-15-24)20-8-6-5-7-9-20/h12-13,16-18,20-21,24,36H,5-11,14-15,19H2,1-4H3,(H,35,37)/t21?,24?,30-/m0/s1. The summed E-state index contributed by atoms with van der Waals surface area (Å²) in [5.41, 5.74) is -2.31. The van der Waals surface area contributed by atoms with Gasteiger partial charge in [0.05, 0.1) is 18.2 Å². The predicted octanol–water partition coefficient (Wildman–Crippen LogP) is 8.11. The van der Waals surface area contributed by atoms with Gasteiger partial charge in [-0.3, -0.25) is 0 Å². The third-order valence-corrected chi connectivity index (χ3v) is 8.32. The molecule has 0 bridgehead atoms. The van der Waals surface area contributed by atoms with Crippen LogP contribution in [0, 0.1) is 11.8 Å². The molecule has 0 heterocycles. The summed E-state index contributed by atoms with van der Waals surface area (Å²) in [5.74, 6) is 1.28. The van der Waals surface area contributed by atoms with Crippen LogP contribution in [0.4, 0.5) is 18.0 Å². The number of aliphatic hydroxyl groups is 1. The molecule has 0 unspecified atom stereocenters. The van der Waals surface area contributed by atoms with Gasteiger partial charge in [0.1, 0.15) is 16.9 Å². The van der Waals surface area contributed by atoms with E-state index < -0.39 is 35.6 Å². The van der Waals surface area contributed by atoms with E-state index in [0.29, 0.717) is 16.9 Å². The summed E-state index contributed by atoms with van der Waals surface area (Å²) in [5, 5.41) is 13.1. The van der Waals surface area contributed by atoms with Crippen LogP contribution in [0.15, 0.2) is 30.3 Å². The van der Waals surface area contributed by atoms with Crippen molar-refractivity contribution in [1.82, 2.24) is 5.32 Å². The first-order chi connectivity index (χ1) is 18.3. The zero-order valence-electron chi connectivity index (χ0n) is 23.5. The lowest BCUT2D eigenvalue weighted by Gasteiger charge is -2.36.